The maximum Gasteiger partial charge on any atom is 0.315 e. The van der Waals surface area contributed by atoms with Crippen molar-refractivity contribution >= 4 is 34.5 Å². The SMILES string of the molecule is CCOC(=O)CSCc1cc2ccccc2nc1NC. The number of anilines is 1. The van der Waals surface area contributed by atoms with Crippen molar-refractivity contribution in [2.24, 2.45) is 0 Å². The molecular formula is C15H18N2O2S. The largest absolute Gasteiger partial charge is 0.465 e. The third kappa shape index (κ3) is 3.63. The molecule has 20 heavy (non-hydrogen) atoms. The van der Waals surface area contributed by atoms with Crippen molar-refractivity contribution in [3.05, 3.63) is 35.9 Å². The van der Waals surface area contributed by atoms with E-state index in [1.54, 1.807) is 0 Å². The van der Waals surface area contributed by atoms with Gasteiger partial charge in [0, 0.05) is 23.8 Å². The van der Waals surface area contributed by atoms with Gasteiger partial charge in [-0.1, -0.05) is 18.2 Å². The van der Waals surface area contributed by atoms with Gasteiger partial charge in [0.05, 0.1) is 17.9 Å². The summed E-state index contributed by atoms with van der Waals surface area (Å²) in [6.07, 6.45) is 0. The third-order valence-corrected chi connectivity index (χ3v) is 3.78. The van der Waals surface area contributed by atoms with Gasteiger partial charge >= 0.3 is 5.97 Å². The molecule has 106 valence electrons. The van der Waals surface area contributed by atoms with Crippen molar-refractivity contribution in [3.63, 3.8) is 0 Å². The molecule has 2 rings (SSSR count). The highest BCUT2D eigenvalue weighted by molar-refractivity contribution is 7.99. The average Bonchev–Trinajstić information content (AvgIpc) is 2.46. The minimum Gasteiger partial charge on any atom is -0.465 e. The van der Waals surface area contributed by atoms with E-state index < -0.39 is 0 Å². The van der Waals surface area contributed by atoms with Crippen LogP contribution in [0.3, 0.4) is 0 Å². The molecule has 1 heterocycles. The second-order valence-corrected chi connectivity index (χ2v) is 5.22. The van der Waals surface area contributed by atoms with Gasteiger partial charge in [-0.3, -0.25) is 4.79 Å². The van der Waals surface area contributed by atoms with Gasteiger partial charge in [0.15, 0.2) is 0 Å². The summed E-state index contributed by atoms with van der Waals surface area (Å²) in [5.41, 5.74) is 2.07. The predicted molar refractivity (Wildman–Crippen MR) is 84.1 cm³/mol. The lowest BCUT2D eigenvalue weighted by atomic mass is 10.1. The number of nitrogens with zero attached hydrogens (tertiary/aromatic N) is 1. The van der Waals surface area contributed by atoms with Gasteiger partial charge in [0.2, 0.25) is 0 Å². The van der Waals surface area contributed by atoms with Crippen LogP contribution in [0.1, 0.15) is 12.5 Å². The number of carbonyl (C=O) groups excluding carboxylic acids is 1. The molecule has 0 atom stereocenters. The lowest BCUT2D eigenvalue weighted by Crippen LogP contribution is -2.07. The molecule has 5 heteroatoms. The number of aromatic nitrogens is 1. The minimum atomic E-state index is -0.169. The van der Waals surface area contributed by atoms with E-state index in [0.717, 1.165) is 28.0 Å². The Morgan fingerprint density at radius 1 is 1.40 bits per heavy atom. The first kappa shape index (κ1) is 14.7. The first-order valence-corrected chi connectivity index (χ1v) is 7.70. The fraction of sp³-hybridized carbons (Fsp3) is 0.333. The van der Waals surface area contributed by atoms with Crippen LogP contribution in [0.4, 0.5) is 5.82 Å². The number of hydrogen-bond acceptors (Lipinski definition) is 5. The molecule has 0 saturated carbocycles. The second-order valence-electron chi connectivity index (χ2n) is 4.24. The number of fused-ring (bicyclic) bond motifs is 1. The third-order valence-electron chi connectivity index (χ3n) is 2.82. The Morgan fingerprint density at radius 2 is 2.20 bits per heavy atom. The number of ether oxygens (including phenoxy) is 1. The molecule has 1 aromatic heterocycles. The monoisotopic (exact) mass is 290 g/mol. The Bertz CT molecular complexity index is 601. The zero-order valence-corrected chi connectivity index (χ0v) is 12.5. The normalized spacial score (nSPS) is 10.5. The number of carbonyl (C=O) groups is 1. The van der Waals surface area contributed by atoms with Crippen LogP contribution in [0.2, 0.25) is 0 Å². The van der Waals surface area contributed by atoms with Crippen molar-refractivity contribution < 1.29 is 9.53 Å². The molecule has 0 saturated heterocycles. The lowest BCUT2D eigenvalue weighted by molar-refractivity contribution is -0.139. The molecule has 0 spiro atoms. The van der Waals surface area contributed by atoms with Gasteiger partial charge in [-0.2, -0.15) is 0 Å². The quantitative estimate of drug-likeness (QED) is 0.829. The summed E-state index contributed by atoms with van der Waals surface area (Å²) < 4.78 is 4.92. The Kier molecular flexibility index (Phi) is 5.24. The van der Waals surface area contributed by atoms with Crippen LogP contribution >= 0.6 is 11.8 Å². The first-order chi connectivity index (χ1) is 9.74. The molecule has 0 bridgehead atoms. The topological polar surface area (TPSA) is 51.2 Å². The highest BCUT2D eigenvalue weighted by atomic mass is 32.2. The van der Waals surface area contributed by atoms with Crippen LogP contribution in [-0.4, -0.2) is 30.4 Å². The molecule has 0 unspecified atom stereocenters. The summed E-state index contributed by atoms with van der Waals surface area (Å²) in [5.74, 6) is 1.79. The highest BCUT2D eigenvalue weighted by Gasteiger charge is 2.08. The zero-order valence-electron chi connectivity index (χ0n) is 11.7. The molecule has 1 aromatic carbocycles. The highest BCUT2D eigenvalue weighted by Crippen LogP contribution is 2.24. The standard InChI is InChI=1S/C15H18N2O2S/c1-3-19-14(18)10-20-9-12-8-11-6-4-5-7-13(11)17-15(12)16-2/h4-8H,3,9-10H2,1-2H3,(H,16,17). The van der Waals surface area contributed by atoms with Crippen molar-refractivity contribution in [2.75, 3.05) is 24.7 Å². The maximum absolute atomic E-state index is 11.3. The van der Waals surface area contributed by atoms with Gasteiger partial charge in [-0.15, -0.1) is 11.8 Å². The van der Waals surface area contributed by atoms with Gasteiger partial charge in [0.25, 0.3) is 0 Å². The molecule has 1 N–H and O–H groups in total. The molecule has 2 aromatic rings. The minimum absolute atomic E-state index is 0.169. The maximum atomic E-state index is 11.3. The van der Waals surface area contributed by atoms with Crippen LogP contribution in [0.25, 0.3) is 10.9 Å². The van der Waals surface area contributed by atoms with Crippen LogP contribution in [0.5, 0.6) is 0 Å². The van der Waals surface area contributed by atoms with Crippen molar-refractivity contribution in [3.8, 4) is 0 Å². The summed E-state index contributed by atoms with van der Waals surface area (Å²) in [6.45, 7) is 2.24. The van der Waals surface area contributed by atoms with Crippen LogP contribution < -0.4 is 5.32 Å². The second kappa shape index (κ2) is 7.14. The Morgan fingerprint density at radius 3 is 2.95 bits per heavy atom. The fourth-order valence-electron chi connectivity index (χ4n) is 1.93. The van der Waals surface area contributed by atoms with Crippen molar-refractivity contribution in [1.29, 1.82) is 0 Å². The number of nitrogens with one attached hydrogen (secondary N) is 1. The molecular weight excluding hydrogens is 272 g/mol. The Balaban J connectivity index is 2.10. The van der Waals surface area contributed by atoms with E-state index in [1.807, 2.05) is 38.2 Å². The molecule has 4 nitrogen and oxygen atoms in total. The van der Waals surface area contributed by atoms with Gasteiger partial charge in [0.1, 0.15) is 5.82 Å². The van der Waals surface area contributed by atoms with E-state index in [-0.39, 0.29) is 5.97 Å². The molecule has 0 aliphatic carbocycles. The van der Waals surface area contributed by atoms with E-state index >= 15 is 0 Å². The van der Waals surface area contributed by atoms with E-state index in [4.69, 9.17) is 4.74 Å². The average molecular weight is 290 g/mol. The number of thioether (sulfide) groups is 1. The van der Waals surface area contributed by atoms with Crippen LogP contribution in [0, 0.1) is 0 Å². The van der Waals surface area contributed by atoms with E-state index in [0.29, 0.717) is 12.4 Å². The summed E-state index contributed by atoms with van der Waals surface area (Å²) in [7, 11) is 1.86. The summed E-state index contributed by atoms with van der Waals surface area (Å²) in [5, 5.41) is 4.22. The predicted octanol–water partition coefficient (Wildman–Crippen LogP) is 3.07. The van der Waals surface area contributed by atoms with E-state index in [2.05, 4.69) is 16.4 Å². The number of rotatable bonds is 6. The van der Waals surface area contributed by atoms with Crippen molar-refractivity contribution in [2.45, 2.75) is 12.7 Å². The van der Waals surface area contributed by atoms with Gasteiger partial charge < -0.3 is 10.1 Å². The molecule has 0 amide bonds. The summed E-state index contributed by atoms with van der Waals surface area (Å²) in [4.78, 5) is 15.9. The lowest BCUT2D eigenvalue weighted by Gasteiger charge is -2.10. The van der Waals surface area contributed by atoms with E-state index in [1.165, 1.54) is 11.8 Å². The Labute approximate surface area is 122 Å². The van der Waals surface area contributed by atoms with Crippen molar-refractivity contribution in [1.82, 2.24) is 4.98 Å². The number of pyridine rings is 1. The number of para-hydroxylation sites is 1. The smallest absolute Gasteiger partial charge is 0.315 e. The zero-order chi connectivity index (χ0) is 14.4. The van der Waals surface area contributed by atoms with Gasteiger partial charge in [-0.05, 0) is 19.1 Å². The summed E-state index contributed by atoms with van der Waals surface area (Å²) in [6, 6.07) is 10.1. The van der Waals surface area contributed by atoms with Crippen LogP contribution in [0.15, 0.2) is 30.3 Å². The molecule has 0 aliphatic heterocycles. The van der Waals surface area contributed by atoms with Gasteiger partial charge in [-0.25, -0.2) is 4.98 Å². The Hall–Kier alpha value is -1.75. The first-order valence-electron chi connectivity index (χ1n) is 6.54. The molecule has 0 fully saturated rings. The van der Waals surface area contributed by atoms with Crippen LogP contribution in [-0.2, 0) is 15.3 Å². The number of benzene rings is 1. The van der Waals surface area contributed by atoms with E-state index in [9.17, 15) is 4.79 Å². The molecule has 0 radical (unpaired) electrons. The molecule has 0 aliphatic rings. The fourth-order valence-corrected chi connectivity index (χ4v) is 2.73. The number of hydrogen-bond donors (Lipinski definition) is 1. The number of esters is 1. The summed E-state index contributed by atoms with van der Waals surface area (Å²) >= 11 is 1.54.